The molecule has 0 amide bonds. The van der Waals surface area contributed by atoms with Crippen molar-refractivity contribution in [1.29, 1.82) is 0 Å². The first-order valence-corrected chi connectivity index (χ1v) is 10.6. The Morgan fingerprint density at radius 1 is 0.667 bits per heavy atom. The van der Waals surface area contributed by atoms with Crippen LogP contribution in [0.3, 0.4) is 0 Å². The van der Waals surface area contributed by atoms with Crippen molar-refractivity contribution in [3.63, 3.8) is 0 Å². The second kappa shape index (κ2) is 20.8. The van der Waals surface area contributed by atoms with E-state index in [9.17, 15) is 0 Å². The molecule has 1 atom stereocenters. The lowest BCUT2D eigenvalue weighted by atomic mass is 9.86. The molecule has 0 aliphatic rings. The van der Waals surface area contributed by atoms with E-state index >= 15 is 0 Å². The molecular weight excluding hydrogens is 397 g/mol. The van der Waals surface area contributed by atoms with E-state index in [1.54, 1.807) is 0 Å². The fourth-order valence-electron chi connectivity index (χ4n) is 3.61. The Kier molecular flexibility index (Phi) is 24.4. The molecule has 4 heteroatoms. The van der Waals surface area contributed by atoms with Crippen molar-refractivity contribution in [3.8, 4) is 0 Å². The van der Waals surface area contributed by atoms with Crippen LogP contribution in [0.25, 0.3) is 0 Å². The summed E-state index contributed by atoms with van der Waals surface area (Å²) >= 11 is 0. The van der Waals surface area contributed by atoms with Crippen molar-refractivity contribution in [2.24, 2.45) is 0 Å². The molecule has 162 valence electrons. The molecule has 0 aromatic heterocycles. The third-order valence-electron chi connectivity index (χ3n) is 5.62. The van der Waals surface area contributed by atoms with Gasteiger partial charge in [-0.2, -0.15) is 0 Å². The number of hydrogen-bond acceptors (Lipinski definition) is 0. The Morgan fingerprint density at radius 3 is 1.48 bits per heavy atom. The zero-order chi connectivity index (χ0) is 17.5. The summed E-state index contributed by atoms with van der Waals surface area (Å²) in [5, 5.41) is 2.39. The highest BCUT2D eigenvalue weighted by Gasteiger charge is 2.27. The molecule has 0 radical (unpaired) electrons. The first-order valence-electron chi connectivity index (χ1n) is 10.6. The van der Waals surface area contributed by atoms with Gasteiger partial charge in [0.2, 0.25) is 0 Å². The van der Waals surface area contributed by atoms with Crippen LogP contribution in [0, 0.1) is 0 Å². The van der Waals surface area contributed by atoms with E-state index in [4.69, 9.17) is 0 Å². The summed E-state index contributed by atoms with van der Waals surface area (Å²) in [6.45, 7) is 4.68. The lowest BCUT2D eigenvalue weighted by Crippen LogP contribution is -3.00. The fraction of sp³-hybridized carbons (Fsp3) is 0.739. The van der Waals surface area contributed by atoms with Gasteiger partial charge in [-0.05, 0) is 13.3 Å². The Hall–Kier alpha value is 0.0500. The molecule has 0 fully saturated rings. The van der Waals surface area contributed by atoms with Crippen molar-refractivity contribution in [2.75, 3.05) is 7.05 Å². The Balaban J connectivity index is -0.00000192. The Labute approximate surface area is 188 Å². The number of hydrogen-bond donors (Lipinski definition) is 1. The van der Waals surface area contributed by atoms with E-state index in [0.717, 1.165) is 0 Å². The van der Waals surface area contributed by atoms with Crippen molar-refractivity contribution in [3.05, 3.63) is 35.9 Å². The molecule has 0 spiro atoms. The second-order valence-electron chi connectivity index (χ2n) is 7.71. The molecule has 0 saturated heterocycles. The summed E-state index contributed by atoms with van der Waals surface area (Å²) in [4.78, 5) is 0. The van der Waals surface area contributed by atoms with Crippen molar-refractivity contribution >= 4 is 0 Å². The van der Waals surface area contributed by atoms with Gasteiger partial charge in [0.15, 0.2) is 0 Å². The average Bonchev–Trinajstić information content (AvgIpc) is 2.63. The quantitative estimate of drug-likeness (QED) is 0.285. The first-order chi connectivity index (χ1) is 11.7. The summed E-state index contributed by atoms with van der Waals surface area (Å²) in [6.07, 6.45) is 18.4. The van der Waals surface area contributed by atoms with Crippen molar-refractivity contribution < 1.29 is 42.5 Å². The second-order valence-corrected chi connectivity index (χ2v) is 7.71. The summed E-state index contributed by atoms with van der Waals surface area (Å²) in [6, 6.07) is 11.0. The van der Waals surface area contributed by atoms with E-state index in [-0.39, 0.29) is 42.8 Å². The predicted octanol–water partition coefficient (Wildman–Crippen LogP) is -2.80. The van der Waals surface area contributed by atoms with Crippen LogP contribution in [0.5, 0.6) is 0 Å². The summed E-state index contributed by atoms with van der Waals surface area (Å²) < 4.78 is 0. The zero-order valence-electron chi connectivity index (χ0n) is 17.8. The molecule has 0 bridgehead atoms. The Morgan fingerprint density at radius 2 is 1.07 bits per heavy atom. The largest absolute Gasteiger partial charge is 1.00 e. The third kappa shape index (κ3) is 14.7. The molecule has 0 saturated carbocycles. The molecule has 1 aromatic carbocycles. The van der Waals surface area contributed by atoms with Crippen LogP contribution >= 0.6 is 0 Å². The molecule has 1 aromatic rings. The molecule has 0 heterocycles. The molecule has 1 nitrogen and oxygen atoms in total. The van der Waals surface area contributed by atoms with Crippen LogP contribution in [0.1, 0.15) is 103 Å². The van der Waals surface area contributed by atoms with Gasteiger partial charge in [-0.3, -0.25) is 0 Å². The zero-order valence-corrected chi connectivity index (χ0v) is 20.1. The predicted molar refractivity (Wildman–Crippen MR) is 107 cm³/mol. The van der Waals surface area contributed by atoms with Gasteiger partial charge < -0.3 is 42.5 Å². The van der Waals surface area contributed by atoms with Gasteiger partial charge in [0.1, 0.15) is 5.54 Å². The maximum Gasteiger partial charge on any atom is 0.119 e. The van der Waals surface area contributed by atoms with Crippen LogP contribution in [0.4, 0.5) is 0 Å². The molecule has 0 aliphatic heterocycles. The average molecular weight is 439 g/mol. The van der Waals surface area contributed by atoms with Gasteiger partial charge in [-0.15, -0.1) is 0 Å². The molecular formula is C23H42Cl3N-2. The minimum absolute atomic E-state index is 0. The van der Waals surface area contributed by atoms with Gasteiger partial charge in [0.25, 0.3) is 0 Å². The monoisotopic (exact) mass is 437 g/mol. The number of quaternary nitrogens is 1. The highest BCUT2D eigenvalue weighted by Crippen LogP contribution is 2.23. The summed E-state index contributed by atoms with van der Waals surface area (Å²) in [5.74, 6) is 0. The highest BCUT2D eigenvalue weighted by atomic mass is 35.5. The van der Waals surface area contributed by atoms with Crippen LogP contribution in [0.2, 0.25) is 0 Å². The van der Waals surface area contributed by atoms with Gasteiger partial charge in [-0.25, -0.2) is 0 Å². The SMILES string of the molecule is CCCCCCCCCCCCCCC(C)([NH2+]C)c1ccccc1.[Cl-].[Cl-].[Cl-]. The molecule has 1 rings (SSSR count). The van der Waals surface area contributed by atoms with Gasteiger partial charge >= 0.3 is 0 Å². The van der Waals surface area contributed by atoms with Gasteiger partial charge in [0.05, 0.1) is 7.05 Å². The number of unbranched alkanes of at least 4 members (excludes halogenated alkanes) is 11. The molecule has 0 aliphatic carbocycles. The van der Waals surface area contributed by atoms with Crippen molar-refractivity contribution in [1.82, 2.24) is 0 Å². The maximum atomic E-state index is 2.39. The van der Waals surface area contributed by atoms with Crippen LogP contribution < -0.4 is 42.5 Å². The Bertz CT molecular complexity index is 400. The standard InChI is InChI=1S/C23H41N.3ClH/c1-4-5-6-7-8-9-10-11-12-13-14-18-21-23(2,24-3)22-19-16-15-17-20-22;;;/h15-17,19-20,24H,4-14,18,21H2,1-3H3;3*1H/p-2. The molecule has 27 heavy (non-hydrogen) atoms. The van der Waals surface area contributed by atoms with Crippen molar-refractivity contribution in [2.45, 2.75) is 103 Å². The normalized spacial score (nSPS) is 12.3. The fourth-order valence-corrected chi connectivity index (χ4v) is 3.61. The molecule has 2 N–H and O–H groups in total. The van der Waals surface area contributed by atoms with Crippen LogP contribution in [-0.2, 0) is 5.54 Å². The summed E-state index contributed by atoms with van der Waals surface area (Å²) in [7, 11) is 2.22. The third-order valence-corrected chi connectivity index (χ3v) is 5.62. The number of rotatable bonds is 15. The highest BCUT2D eigenvalue weighted by molar-refractivity contribution is 5.20. The van der Waals surface area contributed by atoms with E-state index in [2.05, 4.69) is 56.5 Å². The van der Waals surface area contributed by atoms with E-state index in [0.29, 0.717) is 0 Å². The number of benzene rings is 1. The smallest absolute Gasteiger partial charge is 0.119 e. The van der Waals surface area contributed by atoms with Crippen LogP contribution in [0.15, 0.2) is 30.3 Å². The van der Waals surface area contributed by atoms with E-state index in [1.807, 2.05) is 0 Å². The van der Waals surface area contributed by atoms with Crippen LogP contribution in [-0.4, -0.2) is 7.05 Å². The number of nitrogens with two attached hydrogens (primary N) is 1. The lowest BCUT2D eigenvalue weighted by molar-refractivity contribution is -0.710. The van der Waals surface area contributed by atoms with Gasteiger partial charge in [-0.1, -0.05) is 108 Å². The minimum atomic E-state index is 0. The maximum absolute atomic E-state index is 2.39. The van der Waals surface area contributed by atoms with E-state index in [1.165, 1.54) is 89.0 Å². The van der Waals surface area contributed by atoms with Gasteiger partial charge in [0, 0.05) is 12.0 Å². The van der Waals surface area contributed by atoms with E-state index < -0.39 is 0 Å². The number of halogens is 3. The lowest BCUT2D eigenvalue weighted by Gasteiger charge is -2.26. The topological polar surface area (TPSA) is 16.6 Å². The first kappa shape index (κ1) is 31.7. The minimum Gasteiger partial charge on any atom is -1.00 e. The summed E-state index contributed by atoms with van der Waals surface area (Å²) in [5.41, 5.74) is 1.72. The molecule has 1 unspecified atom stereocenters.